The van der Waals surface area contributed by atoms with Crippen molar-refractivity contribution in [2.45, 2.75) is 20.1 Å². The molecule has 0 bridgehead atoms. The van der Waals surface area contributed by atoms with Crippen LogP contribution in [0, 0.1) is 0 Å². The van der Waals surface area contributed by atoms with Gasteiger partial charge in [0.25, 0.3) is 0 Å². The molecule has 0 fully saturated rings. The van der Waals surface area contributed by atoms with Crippen LogP contribution in [-0.4, -0.2) is 11.5 Å². The first-order valence-corrected chi connectivity index (χ1v) is 7.17. The second kappa shape index (κ2) is 7.48. The van der Waals surface area contributed by atoms with Crippen LogP contribution in [0.2, 0.25) is 10.0 Å². The Bertz CT molecular complexity index is 576. The summed E-state index contributed by atoms with van der Waals surface area (Å²) in [4.78, 5) is 3.95. The number of hydrogen-bond acceptors (Lipinski definition) is 3. The van der Waals surface area contributed by atoms with E-state index < -0.39 is 0 Å². The highest BCUT2D eigenvalue weighted by atomic mass is 35.5. The van der Waals surface area contributed by atoms with Crippen molar-refractivity contribution in [2.24, 2.45) is 0 Å². The number of nitrogens with zero attached hydrogens (tertiary/aromatic N) is 1. The van der Waals surface area contributed by atoms with Crippen LogP contribution in [0.4, 0.5) is 0 Å². The summed E-state index contributed by atoms with van der Waals surface area (Å²) < 4.78 is 5.85. The fourth-order valence-electron chi connectivity index (χ4n) is 1.77. The summed E-state index contributed by atoms with van der Waals surface area (Å²) in [6, 6.07) is 7.49. The maximum Gasteiger partial charge on any atom is 0.125 e. The molecule has 0 amide bonds. The van der Waals surface area contributed by atoms with Crippen molar-refractivity contribution in [2.75, 3.05) is 6.54 Å². The van der Waals surface area contributed by atoms with Crippen LogP contribution in [0.25, 0.3) is 0 Å². The van der Waals surface area contributed by atoms with Crippen LogP contribution < -0.4 is 10.1 Å². The Hall–Kier alpha value is -1.29. The van der Waals surface area contributed by atoms with Crippen LogP contribution >= 0.6 is 23.2 Å². The van der Waals surface area contributed by atoms with Gasteiger partial charge in [0, 0.05) is 35.1 Å². The Morgan fingerprint density at radius 2 is 2.05 bits per heavy atom. The number of aromatic nitrogens is 1. The second-order valence-electron chi connectivity index (χ2n) is 4.25. The fraction of sp³-hybridized carbons (Fsp3) is 0.267. The van der Waals surface area contributed by atoms with Crippen molar-refractivity contribution in [3.05, 3.63) is 57.8 Å². The topological polar surface area (TPSA) is 34.1 Å². The van der Waals surface area contributed by atoms with Crippen molar-refractivity contribution >= 4 is 23.2 Å². The Kier molecular flexibility index (Phi) is 5.65. The van der Waals surface area contributed by atoms with Crippen LogP contribution in [0.1, 0.15) is 18.1 Å². The lowest BCUT2D eigenvalue weighted by atomic mass is 10.2. The zero-order chi connectivity index (χ0) is 14.4. The van der Waals surface area contributed by atoms with Crippen molar-refractivity contribution in [3.8, 4) is 5.75 Å². The molecule has 1 N–H and O–H groups in total. The van der Waals surface area contributed by atoms with Crippen molar-refractivity contribution in [1.29, 1.82) is 0 Å². The maximum atomic E-state index is 6.22. The summed E-state index contributed by atoms with van der Waals surface area (Å²) in [5.74, 6) is 0.770. The van der Waals surface area contributed by atoms with Gasteiger partial charge in [0.05, 0.1) is 5.02 Å². The molecule has 5 heteroatoms. The number of halogens is 2. The van der Waals surface area contributed by atoms with Crippen molar-refractivity contribution < 1.29 is 4.74 Å². The molecule has 1 heterocycles. The lowest BCUT2D eigenvalue weighted by molar-refractivity contribution is 0.302. The van der Waals surface area contributed by atoms with E-state index in [1.807, 2.05) is 31.2 Å². The van der Waals surface area contributed by atoms with E-state index in [9.17, 15) is 0 Å². The number of nitrogens with one attached hydrogen (secondary N) is 1. The SMILES string of the molecule is CCNCc1c(Cl)cccc1OCc1ccncc1Cl. The summed E-state index contributed by atoms with van der Waals surface area (Å²) in [5, 5.41) is 4.55. The van der Waals surface area contributed by atoms with Crippen molar-refractivity contribution in [3.63, 3.8) is 0 Å². The van der Waals surface area contributed by atoms with Gasteiger partial charge in [0.15, 0.2) is 0 Å². The molecule has 20 heavy (non-hydrogen) atoms. The highest BCUT2D eigenvalue weighted by Gasteiger charge is 2.09. The minimum absolute atomic E-state index is 0.390. The van der Waals surface area contributed by atoms with E-state index in [0.29, 0.717) is 23.2 Å². The van der Waals surface area contributed by atoms with E-state index in [-0.39, 0.29) is 0 Å². The van der Waals surface area contributed by atoms with Crippen LogP contribution in [0.5, 0.6) is 5.75 Å². The molecule has 0 aliphatic rings. The van der Waals surface area contributed by atoms with Gasteiger partial charge in [-0.15, -0.1) is 0 Å². The lowest BCUT2D eigenvalue weighted by Crippen LogP contribution is -2.13. The summed E-state index contributed by atoms with van der Waals surface area (Å²) in [6.45, 7) is 3.99. The zero-order valence-corrected chi connectivity index (χ0v) is 12.7. The van der Waals surface area contributed by atoms with Gasteiger partial charge < -0.3 is 10.1 Å². The molecule has 2 aromatic rings. The zero-order valence-electron chi connectivity index (χ0n) is 11.2. The summed E-state index contributed by atoms with van der Waals surface area (Å²) in [5.41, 5.74) is 1.86. The number of benzene rings is 1. The molecule has 0 atom stereocenters. The quantitative estimate of drug-likeness (QED) is 0.873. The summed E-state index contributed by atoms with van der Waals surface area (Å²) in [6.07, 6.45) is 3.31. The molecule has 1 aromatic carbocycles. The minimum Gasteiger partial charge on any atom is -0.488 e. The van der Waals surface area contributed by atoms with Crippen molar-refractivity contribution in [1.82, 2.24) is 10.3 Å². The average Bonchev–Trinajstić information content (AvgIpc) is 2.45. The lowest BCUT2D eigenvalue weighted by Gasteiger charge is -2.13. The van der Waals surface area contributed by atoms with E-state index in [2.05, 4.69) is 10.3 Å². The van der Waals surface area contributed by atoms with Gasteiger partial charge >= 0.3 is 0 Å². The Labute approximate surface area is 128 Å². The molecule has 0 spiro atoms. The monoisotopic (exact) mass is 310 g/mol. The van der Waals surface area contributed by atoms with Gasteiger partial charge in [0.2, 0.25) is 0 Å². The molecule has 0 saturated heterocycles. The summed E-state index contributed by atoms with van der Waals surface area (Å²) >= 11 is 12.3. The third-order valence-corrected chi connectivity index (χ3v) is 3.56. The Morgan fingerprint density at radius 1 is 1.20 bits per heavy atom. The Balaban J connectivity index is 2.13. The maximum absolute atomic E-state index is 6.22. The molecule has 0 radical (unpaired) electrons. The van der Waals surface area contributed by atoms with E-state index in [0.717, 1.165) is 23.4 Å². The number of hydrogen-bond donors (Lipinski definition) is 1. The van der Waals surface area contributed by atoms with E-state index >= 15 is 0 Å². The molecule has 0 saturated carbocycles. The molecule has 0 aliphatic carbocycles. The Morgan fingerprint density at radius 3 is 2.80 bits per heavy atom. The smallest absolute Gasteiger partial charge is 0.125 e. The first-order valence-electron chi connectivity index (χ1n) is 6.41. The molecule has 1 aromatic heterocycles. The number of pyridine rings is 1. The standard InChI is InChI=1S/C15H16Cl2N2O/c1-2-18-8-12-13(16)4-3-5-15(12)20-10-11-6-7-19-9-14(11)17/h3-7,9,18H,2,8,10H2,1H3. The molecular formula is C15H16Cl2N2O. The second-order valence-corrected chi connectivity index (χ2v) is 5.07. The van der Waals surface area contributed by atoms with Gasteiger partial charge in [-0.2, -0.15) is 0 Å². The van der Waals surface area contributed by atoms with Crippen LogP contribution in [0.15, 0.2) is 36.7 Å². The normalized spacial score (nSPS) is 10.6. The first-order chi connectivity index (χ1) is 9.72. The van der Waals surface area contributed by atoms with E-state index in [1.54, 1.807) is 12.4 Å². The van der Waals surface area contributed by atoms with Gasteiger partial charge in [0.1, 0.15) is 12.4 Å². The molecule has 3 nitrogen and oxygen atoms in total. The minimum atomic E-state index is 0.390. The average molecular weight is 311 g/mol. The molecular weight excluding hydrogens is 295 g/mol. The molecule has 0 aliphatic heterocycles. The van der Waals surface area contributed by atoms with E-state index in [1.165, 1.54) is 0 Å². The van der Waals surface area contributed by atoms with Crippen LogP contribution in [-0.2, 0) is 13.2 Å². The fourth-order valence-corrected chi connectivity index (χ4v) is 2.18. The van der Waals surface area contributed by atoms with Gasteiger partial charge in [-0.3, -0.25) is 4.98 Å². The largest absolute Gasteiger partial charge is 0.488 e. The highest BCUT2D eigenvalue weighted by Crippen LogP contribution is 2.27. The first kappa shape index (κ1) is 15.1. The number of ether oxygens (including phenoxy) is 1. The van der Waals surface area contributed by atoms with Gasteiger partial charge in [-0.1, -0.05) is 36.2 Å². The predicted octanol–water partition coefficient (Wildman–Crippen LogP) is 4.08. The predicted molar refractivity (Wildman–Crippen MR) is 82.4 cm³/mol. The van der Waals surface area contributed by atoms with Gasteiger partial charge in [-0.25, -0.2) is 0 Å². The summed E-state index contributed by atoms with van der Waals surface area (Å²) in [7, 11) is 0. The van der Waals surface area contributed by atoms with E-state index in [4.69, 9.17) is 27.9 Å². The highest BCUT2D eigenvalue weighted by molar-refractivity contribution is 6.31. The third kappa shape index (κ3) is 3.85. The number of rotatable bonds is 6. The molecule has 2 rings (SSSR count). The third-order valence-electron chi connectivity index (χ3n) is 2.87. The van der Waals surface area contributed by atoms with Gasteiger partial charge in [-0.05, 0) is 24.7 Å². The van der Waals surface area contributed by atoms with Crippen LogP contribution in [0.3, 0.4) is 0 Å². The molecule has 0 unspecified atom stereocenters. The molecule has 106 valence electrons.